The number of ketones is 1. The molecule has 0 unspecified atom stereocenters. The van der Waals surface area contributed by atoms with E-state index in [1.54, 1.807) is 24.3 Å². The molecular weight excluding hydrogens is 623 g/mol. The molecular formula is C29H44F3N11O2S. The minimum absolute atomic E-state index is 0. The van der Waals surface area contributed by atoms with E-state index in [9.17, 15) is 22.8 Å². The Kier molecular flexibility index (Phi) is 15.8. The number of thioether (sulfide) groups is 1. The fourth-order valence-corrected chi connectivity index (χ4v) is 5.48. The summed E-state index contributed by atoms with van der Waals surface area (Å²) in [6.45, 7) is 3.65. The summed E-state index contributed by atoms with van der Waals surface area (Å²) in [7, 11) is 0. The van der Waals surface area contributed by atoms with Crippen LogP contribution in [0.2, 0.25) is 0 Å². The van der Waals surface area contributed by atoms with Gasteiger partial charge in [-0.15, -0.1) is 0 Å². The molecule has 3 aromatic rings. The van der Waals surface area contributed by atoms with Crippen molar-refractivity contribution in [2.24, 2.45) is 0 Å². The lowest BCUT2D eigenvalue weighted by atomic mass is 10.1. The van der Waals surface area contributed by atoms with E-state index in [-0.39, 0.29) is 47.0 Å². The minimum atomic E-state index is -4.39. The van der Waals surface area contributed by atoms with Gasteiger partial charge in [0.05, 0.1) is 6.42 Å². The number of rotatable bonds is 9. The number of hydrogen-bond acceptors (Lipinski definition) is 13. The molecule has 17 heteroatoms. The number of benzene rings is 2. The van der Waals surface area contributed by atoms with E-state index >= 15 is 0 Å². The van der Waals surface area contributed by atoms with Gasteiger partial charge in [0, 0.05) is 48.0 Å². The Labute approximate surface area is 270 Å². The van der Waals surface area contributed by atoms with Gasteiger partial charge in [0.2, 0.25) is 23.8 Å². The first kappa shape index (κ1) is 40.0. The molecule has 0 radical (unpaired) electrons. The third-order valence-corrected chi connectivity index (χ3v) is 7.78. The summed E-state index contributed by atoms with van der Waals surface area (Å²) in [5.74, 6) is 0.824. The minimum Gasteiger partial charge on any atom is -0.344 e. The quantitative estimate of drug-likeness (QED) is 0.0760. The Balaban J connectivity index is 0.00000264. The summed E-state index contributed by atoms with van der Waals surface area (Å²) in [6.07, 6.45) is 6.43. The van der Waals surface area contributed by atoms with Crippen LogP contribution in [-0.2, 0) is 4.79 Å². The number of anilines is 5. The molecule has 14 N–H and O–H groups in total. The van der Waals surface area contributed by atoms with Crippen molar-refractivity contribution in [2.75, 3.05) is 46.6 Å². The monoisotopic (exact) mass is 667 g/mol. The molecule has 0 bridgehead atoms. The Morgan fingerprint density at radius 3 is 1.65 bits per heavy atom. The van der Waals surface area contributed by atoms with E-state index in [0.29, 0.717) is 34.8 Å². The Morgan fingerprint density at radius 2 is 1.17 bits per heavy atom. The maximum absolute atomic E-state index is 12.7. The zero-order valence-corrected chi connectivity index (χ0v) is 26.6. The highest BCUT2D eigenvalue weighted by atomic mass is 32.2. The second-order valence-corrected chi connectivity index (χ2v) is 11.4. The molecule has 1 aromatic heterocycles. The van der Waals surface area contributed by atoms with Gasteiger partial charge in [-0.2, -0.15) is 28.1 Å². The molecule has 0 spiro atoms. The molecule has 3 heterocycles. The van der Waals surface area contributed by atoms with Crippen LogP contribution in [0, 0.1) is 0 Å². The van der Waals surface area contributed by atoms with E-state index in [1.807, 2.05) is 0 Å². The van der Waals surface area contributed by atoms with Gasteiger partial charge in [-0.1, -0.05) is 0 Å². The van der Waals surface area contributed by atoms with Crippen LogP contribution in [0.15, 0.2) is 53.4 Å². The van der Waals surface area contributed by atoms with E-state index in [1.165, 1.54) is 37.1 Å². The van der Waals surface area contributed by atoms with Crippen molar-refractivity contribution < 1.29 is 22.8 Å². The molecule has 0 atom stereocenters. The lowest BCUT2D eigenvalue weighted by molar-refractivity contribution is -0.115. The molecule has 2 saturated heterocycles. The maximum atomic E-state index is 12.7. The number of amides is 1. The molecule has 2 fully saturated rings. The fourth-order valence-electron chi connectivity index (χ4n) is 4.94. The van der Waals surface area contributed by atoms with Crippen LogP contribution in [-0.4, -0.2) is 58.3 Å². The number of aromatic nitrogens is 3. The third-order valence-electron chi connectivity index (χ3n) is 7.05. The summed E-state index contributed by atoms with van der Waals surface area (Å²) in [4.78, 5) is 43.7. The van der Waals surface area contributed by atoms with Gasteiger partial charge in [0.15, 0.2) is 5.78 Å². The average molecular weight is 668 g/mol. The van der Waals surface area contributed by atoms with Crippen LogP contribution in [0.4, 0.5) is 42.4 Å². The van der Waals surface area contributed by atoms with E-state index in [4.69, 9.17) is 15.0 Å². The highest BCUT2D eigenvalue weighted by molar-refractivity contribution is 8.00. The molecule has 2 aliphatic heterocycles. The Hall–Kier alpha value is -4.03. The first-order valence-electron chi connectivity index (χ1n) is 14.0. The van der Waals surface area contributed by atoms with E-state index in [2.05, 4.69) is 20.4 Å². The molecule has 2 aromatic carbocycles. The van der Waals surface area contributed by atoms with Gasteiger partial charge in [-0.25, -0.2) is 0 Å². The van der Waals surface area contributed by atoms with Crippen LogP contribution >= 0.6 is 11.8 Å². The smallest absolute Gasteiger partial charge is 0.344 e. The molecule has 0 aliphatic carbocycles. The number of alkyl halides is 3. The number of halogens is 3. The highest BCUT2D eigenvalue weighted by Gasteiger charge is 2.29. The maximum Gasteiger partial charge on any atom is 0.446 e. The summed E-state index contributed by atoms with van der Waals surface area (Å²) in [5, 5.41) is 5.79. The lowest BCUT2D eigenvalue weighted by Crippen LogP contribution is -2.34. The highest BCUT2D eigenvalue weighted by Crippen LogP contribution is 2.37. The van der Waals surface area contributed by atoms with Crippen molar-refractivity contribution in [3.05, 3.63) is 54.1 Å². The van der Waals surface area contributed by atoms with Gasteiger partial charge in [0.1, 0.15) is 0 Å². The Morgan fingerprint density at radius 1 is 0.696 bits per heavy atom. The van der Waals surface area contributed by atoms with Crippen LogP contribution in [0.3, 0.4) is 0 Å². The molecule has 1 amide bonds. The van der Waals surface area contributed by atoms with Crippen LogP contribution < -0.4 is 45.0 Å². The van der Waals surface area contributed by atoms with E-state index in [0.717, 1.165) is 51.9 Å². The largest absolute Gasteiger partial charge is 0.446 e. The van der Waals surface area contributed by atoms with E-state index < -0.39 is 17.8 Å². The zero-order chi connectivity index (χ0) is 29.5. The predicted octanol–water partition coefficient (Wildman–Crippen LogP) is 7.07. The molecule has 254 valence electrons. The number of Topliss-reactive ketones (excluding diaryl/α,β-unsaturated/α-hetero) is 1. The van der Waals surface area contributed by atoms with Crippen molar-refractivity contribution in [2.45, 2.75) is 55.3 Å². The summed E-state index contributed by atoms with van der Waals surface area (Å²) < 4.78 is 37.5. The molecule has 2 aliphatic rings. The number of nitrogens with one attached hydrogen (secondary N) is 2. The second-order valence-electron chi connectivity index (χ2n) is 10.3. The van der Waals surface area contributed by atoms with Crippen molar-refractivity contribution in [1.82, 2.24) is 39.6 Å². The van der Waals surface area contributed by atoms with Crippen molar-refractivity contribution in [3.63, 3.8) is 0 Å². The molecule has 46 heavy (non-hydrogen) atoms. The van der Waals surface area contributed by atoms with Gasteiger partial charge in [-0.05, 0) is 98.8 Å². The topological polar surface area (TPSA) is 243 Å². The van der Waals surface area contributed by atoms with Crippen molar-refractivity contribution in [3.8, 4) is 0 Å². The van der Waals surface area contributed by atoms with Crippen LogP contribution in [0.5, 0.6) is 0 Å². The summed E-state index contributed by atoms with van der Waals surface area (Å²) in [5.41, 5.74) is -3.04. The summed E-state index contributed by atoms with van der Waals surface area (Å²) in [6, 6.07) is 12.0. The first-order valence-corrected chi connectivity index (χ1v) is 14.9. The summed E-state index contributed by atoms with van der Waals surface area (Å²) >= 11 is -0.235. The molecule has 0 saturated carbocycles. The fraction of sp³-hybridized carbons (Fsp3) is 0.414. The normalized spacial score (nSPS) is 14.4. The van der Waals surface area contributed by atoms with Gasteiger partial charge in [0.25, 0.3) is 0 Å². The third kappa shape index (κ3) is 11.4. The van der Waals surface area contributed by atoms with Gasteiger partial charge in [-0.3, -0.25) is 9.59 Å². The number of hydrogen-bond donors (Lipinski definition) is 6. The number of piperidine rings is 2. The standard InChI is InChI=1S/C29H32F3N7O2S.4H3N/c30-29(31,32)42-23-13-11-21(12-14-23)33-25(41)19-24(40)20-7-9-22(10-8-20)34-26-35-27(38-15-3-1-4-16-38)37-28(36-26)39-17-5-2-6-18-39;;;;/h7-14H,1-6,15-19H2,(H,33,41)(H,34,35,36,37);4*1H3. The van der Waals surface area contributed by atoms with Gasteiger partial charge >= 0.3 is 5.51 Å². The number of nitrogens with zero attached hydrogens (tertiary/aromatic N) is 5. The number of carbonyl (C=O) groups excluding carboxylic acids is 2. The molecule has 13 nitrogen and oxygen atoms in total. The van der Waals surface area contributed by atoms with Gasteiger partial charge < -0.3 is 45.0 Å². The zero-order valence-electron chi connectivity index (χ0n) is 25.8. The predicted molar refractivity (Wildman–Crippen MR) is 178 cm³/mol. The Bertz CT molecular complexity index is 1350. The van der Waals surface area contributed by atoms with Crippen molar-refractivity contribution in [1.29, 1.82) is 0 Å². The van der Waals surface area contributed by atoms with Crippen molar-refractivity contribution >= 4 is 52.7 Å². The first-order chi connectivity index (χ1) is 20.2. The van der Waals surface area contributed by atoms with Crippen LogP contribution in [0.25, 0.3) is 0 Å². The average Bonchev–Trinajstić information content (AvgIpc) is 2.98. The second kappa shape index (κ2) is 18.2. The lowest BCUT2D eigenvalue weighted by Gasteiger charge is -2.30. The number of carbonyl (C=O) groups is 2. The van der Waals surface area contributed by atoms with Crippen LogP contribution in [0.1, 0.15) is 55.3 Å². The SMILES string of the molecule is N.N.N.N.O=C(CC(=O)c1ccc(Nc2nc(N3CCCCC3)nc(N3CCCCC3)n2)cc1)Nc1ccc(SC(F)(F)F)cc1. The molecule has 5 rings (SSSR count).